The van der Waals surface area contributed by atoms with Gasteiger partial charge in [0.05, 0.1) is 0 Å². The van der Waals surface area contributed by atoms with Crippen LogP contribution in [0.5, 0.6) is 0 Å². The summed E-state index contributed by atoms with van der Waals surface area (Å²) in [5, 5.41) is 6.08. The van der Waals surface area contributed by atoms with Crippen molar-refractivity contribution in [1.29, 1.82) is 0 Å². The lowest BCUT2D eigenvalue weighted by atomic mass is 10.2. The second-order valence-electron chi connectivity index (χ2n) is 6.03. The number of rotatable bonds is 5. The van der Waals surface area contributed by atoms with Crippen LogP contribution < -0.4 is 10.6 Å². The van der Waals surface area contributed by atoms with Crippen molar-refractivity contribution < 1.29 is 13.9 Å². The molecule has 4 rings (SSSR count). The number of hydrogen-bond donors (Lipinski definition) is 2. The lowest BCUT2D eigenvalue weighted by Crippen LogP contribution is -2.26. The molecular formula is C19H19N3O3. The fraction of sp³-hybridized carbons (Fsp3) is 0.263. The summed E-state index contributed by atoms with van der Waals surface area (Å²) in [6, 6.07) is 15.8. The van der Waals surface area contributed by atoms with E-state index in [2.05, 4.69) is 15.6 Å². The van der Waals surface area contributed by atoms with Crippen LogP contribution >= 0.6 is 0 Å². The van der Waals surface area contributed by atoms with Crippen LogP contribution in [0.4, 0.5) is 11.7 Å². The van der Waals surface area contributed by atoms with Gasteiger partial charge in [-0.3, -0.25) is 4.79 Å². The molecule has 0 saturated carbocycles. The van der Waals surface area contributed by atoms with Crippen LogP contribution in [0.15, 0.2) is 52.9 Å². The van der Waals surface area contributed by atoms with Crippen molar-refractivity contribution in [3.05, 3.63) is 54.1 Å². The first-order chi connectivity index (χ1) is 12.3. The highest BCUT2D eigenvalue weighted by atomic mass is 16.5. The van der Waals surface area contributed by atoms with Gasteiger partial charge in [0.15, 0.2) is 5.58 Å². The van der Waals surface area contributed by atoms with Gasteiger partial charge in [-0.2, -0.15) is 4.98 Å². The summed E-state index contributed by atoms with van der Waals surface area (Å²) < 4.78 is 11.0. The van der Waals surface area contributed by atoms with Crippen LogP contribution in [0.3, 0.4) is 0 Å². The Morgan fingerprint density at radius 2 is 2.12 bits per heavy atom. The van der Waals surface area contributed by atoms with E-state index in [0.717, 1.165) is 35.2 Å². The molecule has 0 unspecified atom stereocenters. The minimum absolute atomic E-state index is 0.0819. The standard InChI is InChI=1S/C19H19N3O3/c23-18(17-9-4-10-24-17)21-14-6-3-5-13(11-14)12-20-19-22-15-7-1-2-8-16(15)25-19/h1-3,5-8,11,17H,4,9-10,12H2,(H,20,22)(H,21,23)/t17-/m0/s1. The van der Waals surface area contributed by atoms with E-state index in [-0.39, 0.29) is 12.0 Å². The molecule has 1 atom stereocenters. The minimum atomic E-state index is -0.332. The number of anilines is 2. The van der Waals surface area contributed by atoms with Crippen LogP contribution in [0.25, 0.3) is 11.1 Å². The first-order valence-electron chi connectivity index (χ1n) is 8.39. The Kier molecular flexibility index (Phi) is 4.35. The number of para-hydroxylation sites is 2. The number of hydrogen-bond acceptors (Lipinski definition) is 5. The zero-order valence-electron chi connectivity index (χ0n) is 13.7. The highest BCUT2D eigenvalue weighted by molar-refractivity contribution is 5.94. The second-order valence-corrected chi connectivity index (χ2v) is 6.03. The molecule has 3 aromatic rings. The Morgan fingerprint density at radius 1 is 1.20 bits per heavy atom. The van der Waals surface area contributed by atoms with Gasteiger partial charge in [0.1, 0.15) is 11.6 Å². The average molecular weight is 337 g/mol. The summed E-state index contributed by atoms with van der Waals surface area (Å²) in [5.74, 6) is -0.0819. The van der Waals surface area contributed by atoms with Gasteiger partial charge in [-0.15, -0.1) is 0 Å². The fourth-order valence-electron chi connectivity index (χ4n) is 2.89. The van der Waals surface area contributed by atoms with Gasteiger partial charge in [-0.05, 0) is 42.7 Å². The van der Waals surface area contributed by atoms with Crippen LogP contribution in [0.1, 0.15) is 18.4 Å². The van der Waals surface area contributed by atoms with Crippen LogP contribution in [0.2, 0.25) is 0 Å². The molecule has 0 radical (unpaired) electrons. The number of fused-ring (bicyclic) bond motifs is 1. The minimum Gasteiger partial charge on any atom is -0.424 e. The summed E-state index contributed by atoms with van der Waals surface area (Å²) in [4.78, 5) is 16.5. The first kappa shape index (κ1) is 15.7. The molecule has 25 heavy (non-hydrogen) atoms. The summed E-state index contributed by atoms with van der Waals surface area (Å²) in [6.45, 7) is 1.21. The molecule has 1 aliphatic heterocycles. The molecule has 0 aliphatic carbocycles. The molecule has 1 saturated heterocycles. The van der Waals surface area contributed by atoms with E-state index in [1.165, 1.54) is 0 Å². The summed E-state index contributed by atoms with van der Waals surface area (Å²) in [5.41, 5.74) is 3.36. The van der Waals surface area contributed by atoms with E-state index in [9.17, 15) is 4.79 Å². The van der Waals surface area contributed by atoms with E-state index >= 15 is 0 Å². The molecule has 1 aliphatic rings. The van der Waals surface area contributed by atoms with Crippen LogP contribution in [-0.2, 0) is 16.1 Å². The number of oxazole rings is 1. The number of benzene rings is 2. The first-order valence-corrected chi connectivity index (χ1v) is 8.39. The number of nitrogens with one attached hydrogen (secondary N) is 2. The number of carbonyl (C=O) groups excluding carboxylic acids is 1. The summed E-state index contributed by atoms with van der Waals surface area (Å²) in [6.07, 6.45) is 1.39. The van der Waals surface area contributed by atoms with Crippen molar-refractivity contribution in [2.75, 3.05) is 17.2 Å². The molecule has 2 heterocycles. The molecule has 2 N–H and O–H groups in total. The number of amides is 1. The monoisotopic (exact) mass is 337 g/mol. The largest absolute Gasteiger partial charge is 0.424 e. The van der Waals surface area contributed by atoms with Gasteiger partial charge in [-0.25, -0.2) is 0 Å². The second kappa shape index (κ2) is 6.94. The lowest BCUT2D eigenvalue weighted by Gasteiger charge is -2.11. The molecule has 2 aromatic carbocycles. The van der Waals surface area contributed by atoms with Gasteiger partial charge in [0.2, 0.25) is 0 Å². The van der Waals surface area contributed by atoms with E-state index in [0.29, 0.717) is 19.2 Å². The van der Waals surface area contributed by atoms with Gasteiger partial charge in [0.25, 0.3) is 11.9 Å². The van der Waals surface area contributed by atoms with Crippen molar-refractivity contribution in [3.8, 4) is 0 Å². The highest BCUT2D eigenvalue weighted by Gasteiger charge is 2.23. The fourth-order valence-corrected chi connectivity index (χ4v) is 2.89. The Balaban J connectivity index is 1.39. The molecule has 1 amide bonds. The zero-order valence-corrected chi connectivity index (χ0v) is 13.7. The van der Waals surface area contributed by atoms with Crippen molar-refractivity contribution in [3.63, 3.8) is 0 Å². The molecule has 1 fully saturated rings. The lowest BCUT2D eigenvalue weighted by molar-refractivity contribution is -0.124. The van der Waals surface area contributed by atoms with Gasteiger partial charge >= 0.3 is 0 Å². The molecule has 6 nitrogen and oxygen atoms in total. The molecular weight excluding hydrogens is 318 g/mol. The van der Waals surface area contributed by atoms with Gasteiger partial charge in [-0.1, -0.05) is 24.3 Å². The summed E-state index contributed by atoms with van der Waals surface area (Å²) >= 11 is 0. The third kappa shape index (κ3) is 3.64. The highest BCUT2D eigenvalue weighted by Crippen LogP contribution is 2.20. The SMILES string of the molecule is O=C(Nc1cccc(CNc2nc3ccccc3o2)c1)[C@@H]1CCCO1. The third-order valence-corrected chi connectivity index (χ3v) is 4.15. The average Bonchev–Trinajstić information content (AvgIpc) is 3.29. The number of carbonyl (C=O) groups is 1. The Labute approximate surface area is 145 Å². The maximum absolute atomic E-state index is 12.1. The maximum atomic E-state index is 12.1. The zero-order chi connectivity index (χ0) is 17.1. The molecule has 0 spiro atoms. The molecule has 128 valence electrons. The van der Waals surface area contributed by atoms with E-state index in [4.69, 9.17) is 9.15 Å². The van der Waals surface area contributed by atoms with Crippen molar-refractivity contribution in [2.24, 2.45) is 0 Å². The van der Waals surface area contributed by atoms with Gasteiger partial charge < -0.3 is 19.8 Å². The van der Waals surface area contributed by atoms with Crippen molar-refractivity contribution >= 4 is 28.7 Å². The Bertz CT molecular complexity index is 851. The van der Waals surface area contributed by atoms with E-state index < -0.39 is 0 Å². The maximum Gasteiger partial charge on any atom is 0.295 e. The Hall–Kier alpha value is -2.86. The molecule has 0 bridgehead atoms. The van der Waals surface area contributed by atoms with Gasteiger partial charge in [0, 0.05) is 18.8 Å². The normalized spacial score (nSPS) is 16.9. The van der Waals surface area contributed by atoms with Crippen molar-refractivity contribution in [2.45, 2.75) is 25.5 Å². The van der Waals surface area contributed by atoms with Crippen LogP contribution in [0, 0.1) is 0 Å². The Morgan fingerprint density at radius 3 is 2.96 bits per heavy atom. The van der Waals surface area contributed by atoms with E-state index in [1.54, 1.807) is 0 Å². The molecule has 6 heteroatoms. The number of ether oxygens (including phenoxy) is 1. The number of nitrogens with zero attached hydrogens (tertiary/aromatic N) is 1. The predicted octanol–water partition coefficient (Wildman–Crippen LogP) is 3.56. The third-order valence-electron chi connectivity index (χ3n) is 4.15. The quantitative estimate of drug-likeness (QED) is 0.744. The predicted molar refractivity (Wildman–Crippen MR) is 95.4 cm³/mol. The number of aromatic nitrogens is 1. The van der Waals surface area contributed by atoms with Crippen LogP contribution in [-0.4, -0.2) is 23.6 Å². The topological polar surface area (TPSA) is 76.4 Å². The van der Waals surface area contributed by atoms with Crippen molar-refractivity contribution in [1.82, 2.24) is 4.98 Å². The molecule has 1 aromatic heterocycles. The summed E-state index contributed by atoms with van der Waals surface area (Å²) in [7, 11) is 0. The smallest absolute Gasteiger partial charge is 0.295 e. The van der Waals surface area contributed by atoms with E-state index in [1.807, 2.05) is 48.5 Å².